The number of benzene rings is 2. The molecular formula is C19H18N4O5. The van der Waals surface area contributed by atoms with E-state index in [9.17, 15) is 24.5 Å². The molecular weight excluding hydrogens is 364 g/mol. The molecule has 1 N–H and O–H groups in total. The first-order chi connectivity index (χ1) is 13.3. The van der Waals surface area contributed by atoms with Crippen LogP contribution in [-0.4, -0.2) is 20.0 Å². The molecule has 0 saturated carbocycles. The van der Waals surface area contributed by atoms with Crippen molar-refractivity contribution in [2.45, 2.75) is 26.9 Å². The van der Waals surface area contributed by atoms with Crippen LogP contribution in [0.15, 0.2) is 52.1 Å². The highest BCUT2D eigenvalue weighted by Crippen LogP contribution is 2.25. The Labute approximate surface area is 159 Å². The van der Waals surface area contributed by atoms with Crippen molar-refractivity contribution in [3.05, 3.63) is 79.0 Å². The van der Waals surface area contributed by atoms with E-state index in [1.165, 1.54) is 23.6 Å². The molecule has 0 bridgehead atoms. The van der Waals surface area contributed by atoms with Crippen LogP contribution in [-0.2, 0) is 17.9 Å². The minimum absolute atomic E-state index is 0.111. The van der Waals surface area contributed by atoms with E-state index in [1.54, 1.807) is 37.3 Å². The van der Waals surface area contributed by atoms with E-state index in [1.807, 2.05) is 0 Å². The number of carbonyl (C=O) groups is 1. The van der Waals surface area contributed by atoms with Gasteiger partial charge in [0.2, 0.25) is 5.91 Å². The molecule has 0 saturated heterocycles. The molecule has 28 heavy (non-hydrogen) atoms. The first-order valence-electron chi connectivity index (χ1n) is 8.61. The molecule has 0 aliphatic rings. The molecule has 0 aliphatic heterocycles. The van der Waals surface area contributed by atoms with E-state index in [0.29, 0.717) is 22.2 Å². The predicted octanol–water partition coefficient (Wildman–Crippen LogP) is 2.04. The molecule has 0 fully saturated rings. The lowest BCUT2D eigenvalue weighted by atomic mass is 10.1. The van der Waals surface area contributed by atoms with Crippen molar-refractivity contribution in [1.29, 1.82) is 0 Å². The maximum absolute atomic E-state index is 12.7. The van der Waals surface area contributed by atoms with Gasteiger partial charge in [0.1, 0.15) is 6.54 Å². The van der Waals surface area contributed by atoms with Crippen molar-refractivity contribution in [3.63, 3.8) is 0 Å². The van der Waals surface area contributed by atoms with Gasteiger partial charge in [-0.1, -0.05) is 18.2 Å². The average Bonchev–Trinajstić information content (AvgIpc) is 2.67. The molecule has 0 atom stereocenters. The lowest BCUT2D eigenvalue weighted by Gasteiger charge is -2.14. The number of aromatic nitrogens is 2. The zero-order valence-electron chi connectivity index (χ0n) is 15.3. The Hall–Kier alpha value is -3.75. The van der Waals surface area contributed by atoms with Crippen molar-refractivity contribution >= 4 is 28.2 Å². The third-order valence-corrected chi connectivity index (χ3v) is 4.53. The third-order valence-electron chi connectivity index (χ3n) is 4.53. The van der Waals surface area contributed by atoms with Gasteiger partial charge >= 0.3 is 5.69 Å². The fourth-order valence-electron chi connectivity index (χ4n) is 3.09. The van der Waals surface area contributed by atoms with Gasteiger partial charge in [-0.15, -0.1) is 0 Å². The molecule has 9 nitrogen and oxygen atoms in total. The normalized spacial score (nSPS) is 10.8. The smallest absolute Gasteiger partial charge is 0.324 e. The predicted molar refractivity (Wildman–Crippen MR) is 105 cm³/mol. The number of hydrogen-bond acceptors (Lipinski definition) is 5. The van der Waals surface area contributed by atoms with E-state index in [0.717, 1.165) is 4.57 Å². The summed E-state index contributed by atoms with van der Waals surface area (Å²) in [5, 5.41) is 14.0. The largest absolute Gasteiger partial charge is 0.331 e. The Bertz CT molecular complexity index is 1210. The maximum Gasteiger partial charge on any atom is 0.331 e. The summed E-state index contributed by atoms with van der Waals surface area (Å²) in [6.07, 6.45) is 0. The second-order valence-corrected chi connectivity index (χ2v) is 6.19. The second kappa shape index (κ2) is 7.47. The van der Waals surface area contributed by atoms with Crippen LogP contribution in [0.25, 0.3) is 10.9 Å². The van der Waals surface area contributed by atoms with Crippen LogP contribution in [0.2, 0.25) is 0 Å². The zero-order valence-corrected chi connectivity index (χ0v) is 15.3. The molecule has 2 aromatic carbocycles. The summed E-state index contributed by atoms with van der Waals surface area (Å²) in [4.78, 5) is 48.2. The first-order valence-corrected chi connectivity index (χ1v) is 8.61. The zero-order chi connectivity index (χ0) is 20.4. The molecule has 0 unspecified atom stereocenters. The molecule has 1 aromatic heterocycles. The minimum Gasteiger partial charge on any atom is -0.324 e. The summed E-state index contributed by atoms with van der Waals surface area (Å²) in [6, 6.07) is 10.9. The quantitative estimate of drug-likeness (QED) is 0.535. The summed E-state index contributed by atoms with van der Waals surface area (Å²) in [6.45, 7) is 3.05. The van der Waals surface area contributed by atoms with E-state index >= 15 is 0 Å². The topological polar surface area (TPSA) is 116 Å². The number of anilines is 1. The van der Waals surface area contributed by atoms with Crippen LogP contribution >= 0.6 is 0 Å². The summed E-state index contributed by atoms with van der Waals surface area (Å²) < 4.78 is 2.29. The lowest BCUT2D eigenvalue weighted by Crippen LogP contribution is -2.41. The first kappa shape index (κ1) is 19.0. The van der Waals surface area contributed by atoms with Crippen LogP contribution in [0.1, 0.15) is 12.5 Å². The fraction of sp³-hybridized carbons (Fsp3) is 0.211. The van der Waals surface area contributed by atoms with Gasteiger partial charge in [-0.25, -0.2) is 4.79 Å². The van der Waals surface area contributed by atoms with Crippen LogP contribution in [0.5, 0.6) is 0 Å². The van der Waals surface area contributed by atoms with Gasteiger partial charge in [0, 0.05) is 12.6 Å². The van der Waals surface area contributed by atoms with E-state index < -0.39 is 22.1 Å². The SMILES string of the molecule is CCn1c(=O)c2ccccc2n(CC(=O)Nc2cccc([N+](=O)[O-])c2C)c1=O. The van der Waals surface area contributed by atoms with Crippen LogP contribution in [0.4, 0.5) is 11.4 Å². The van der Waals surface area contributed by atoms with Crippen LogP contribution in [0.3, 0.4) is 0 Å². The summed E-state index contributed by atoms with van der Waals surface area (Å²) in [5.41, 5.74) is -0.142. The monoisotopic (exact) mass is 382 g/mol. The lowest BCUT2D eigenvalue weighted by molar-refractivity contribution is -0.385. The molecule has 1 heterocycles. The average molecular weight is 382 g/mol. The molecule has 0 aliphatic carbocycles. The maximum atomic E-state index is 12.7. The number of nitro benzene ring substituents is 1. The van der Waals surface area contributed by atoms with Gasteiger partial charge in [0.05, 0.1) is 27.1 Å². The van der Waals surface area contributed by atoms with Crippen molar-refractivity contribution in [2.24, 2.45) is 0 Å². The summed E-state index contributed by atoms with van der Waals surface area (Å²) in [5.74, 6) is -0.530. The number of carbonyl (C=O) groups excluding carboxylic acids is 1. The minimum atomic E-state index is -0.586. The summed E-state index contributed by atoms with van der Waals surface area (Å²) in [7, 11) is 0. The number of nitrogens with zero attached hydrogens (tertiary/aromatic N) is 3. The Morgan fingerprint density at radius 2 is 1.82 bits per heavy atom. The Morgan fingerprint density at radius 3 is 2.50 bits per heavy atom. The number of hydrogen-bond donors (Lipinski definition) is 1. The van der Waals surface area contributed by atoms with Crippen LogP contribution in [0, 0.1) is 17.0 Å². The molecule has 1 amide bonds. The van der Waals surface area contributed by atoms with E-state index in [4.69, 9.17) is 0 Å². The van der Waals surface area contributed by atoms with E-state index in [-0.39, 0.29) is 18.8 Å². The number of nitro groups is 1. The Morgan fingerprint density at radius 1 is 1.11 bits per heavy atom. The number of amides is 1. The van der Waals surface area contributed by atoms with Gasteiger partial charge < -0.3 is 5.32 Å². The molecule has 144 valence electrons. The van der Waals surface area contributed by atoms with Crippen molar-refractivity contribution in [3.8, 4) is 0 Å². The second-order valence-electron chi connectivity index (χ2n) is 6.19. The van der Waals surface area contributed by atoms with Crippen LogP contribution < -0.4 is 16.6 Å². The summed E-state index contributed by atoms with van der Waals surface area (Å²) >= 11 is 0. The highest BCUT2D eigenvalue weighted by Gasteiger charge is 2.17. The number of nitrogens with one attached hydrogen (secondary N) is 1. The molecule has 3 aromatic rings. The molecule has 9 heteroatoms. The molecule has 0 radical (unpaired) electrons. The fourth-order valence-corrected chi connectivity index (χ4v) is 3.09. The van der Waals surface area contributed by atoms with Gasteiger partial charge in [0.25, 0.3) is 11.2 Å². The van der Waals surface area contributed by atoms with Gasteiger partial charge in [-0.2, -0.15) is 0 Å². The molecule has 3 rings (SSSR count). The number of para-hydroxylation sites is 1. The Kier molecular flexibility index (Phi) is 5.08. The highest BCUT2D eigenvalue weighted by atomic mass is 16.6. The van der Waals surface area contributed by atoms with Gasteiger partial charge in [-0.05, 0) is 32.0 Å². The number of rotatable bonds is 5. The standard InChI is InChI=1S/C19H18N4O5/c1-3-21-18(25)13-7-4-5-9-16(13)22(19(21)26)11-17(24)20-14-8-6-10-15(12(14)2)23(27)28/h4-10H,3,11H2,1-2H3,(H,20,24). The number of fused-ring (bicyclic) bond motifs is 1. The Balaban J connectivity index is 2.01. The molecule has 0 spiro atoms. The van der Waals surface area contributed by atoms with Gasteiger partial charge in [0.15, 0.2) is 0 Å². The van der Waals surface area contributed by atoms with Gasteiger partial charge in [-0.3, -0.25) is 28.8 Å². The van der Waals surface area contributed by atoms with E-state index in [2.05, 4.69) is 5.32 Å². The van der Waals surface area contributed by atoms with Crippen molar-refractivity contribution in [1.82, 2.24) is 9.13 Å². The third kappa shape index (κ3) is 3.29. The van der Waals surface area contributed by atoms with Crippen molar-refractivity contribution in [2.75, 3.05) is 5.32 Å². The van der Waals surface area contributed by atoms with Crippen molar-refractivity contribution < 1.29 is 9.72 Å². The highest BCUT2D eigenvalue weighted by molar-refractivity contribution is 5.93.